The van der Waals surface area contributed by atoms with Gasteiger partial charge in [-0.25, -0.2) is 4.79 Å². The summed E-state index contributed by atoms with van der Waals surface area (Å²) in [6, 6.07) is 3.93. The summed E-state index contributed by atoms with van der Waals surface area (Å²) in [6.07, 6.45) is 1.28. The molecule has 0 aromatic heterocycles. The van der Waals surface area contributed by atoms with Crippen LogP contribution in [-0.2, 0) is 21.5 Å². The summed E-state index contributed by atoms with van der Waals surface area (Å²) in [5.41, 5.74) is 0.402. The van der Waals surface area contributed by atoms with Crippen LogP contribution in [0.1, 0.15) is 5.56 Å². The minimum absolute atomic E-state index is 0.0866. The quantitative estimate of drug-likeness (QED) is 0.290. The molecule has 3 N–H and O–H groups in total. The van der Waals surface area contributed by atoms with E-state index in [0.717, 1.165) is 6.07 Å². The van der Waals surface area contributed by atoms with Crippen molar-refractivity contribution >= 4 is 21.9 Å². The number of nitrogens with zero attached hydrogens (tertiary/aromatic N) is 1. The minimum Gasteiger partial charge on any atom is -0.395 e. The number of hydrogen-bond acceptors (Lipinski definition) is 6. The highest BCUT2D eigenvalue weighted by atomic mass is 32.2. The molecule has 0 aliphatic rings. The van der Waals surface area contributed by atoms with Crippen LogP contribution >= 0.6 is 0 Å². The molecule has 0 heterocycles. The van der Waals surface area contributed by atoms with E-state index in [1.54, 1.807) is 0 Å². The van der Waals surface area contributed by atoms with Crippen LogP contribution in [0.4, 0.5) is 5.69 Å². The third kappa shape index (κ3) is 4.02. The zero-order valence-electron chi connectivity index (χ0n) is 9.33. The molecule has 0 radical (unpaired) electrons. The lowest BCUT2D eigenvalue weighted by atomic mass is 10.2. The first-order chi connectivity index (χ1) is 8.49. The fourth-order valence-corrected chi connectivity index (χ4v) is 2.09. The third-order valence-corrected chi connectivity index (χ3v) is 3.04. The molecule has 0 atom stereocenters. The Morgan fingerprint density at radius 1 is 1.39 bits per heavy atom. The fraction of sp³-hybridized carbons (Fsp3) is 0.300. The summed E-state index contributed by atoms with van der Waals surface area (Å²) in [5, 5.41) is 11.4. The SMILES string of the molecule is O=C=Nc1ccc(CNCCO)c(S(=O)(=O)O)c1. The van der Waals surface area contributed by atoms with Gasteiger partial charge in [0.15, 0.2) is 0 Å². The third-order valence-electron chi connectivity index (χ3n) is 2.11. The van der Waals surface area contributed by atoms with Gasteiger partial charge in [-0.15, -0.1) is 0 Å². The maximum absolute atomic E-state index is 11.2. The van der Waals surface area contributed by atoms with Gasteiger partial charge < -0.3 is 10.4 Å². The first-order valence-corrected chi connectivity index (χ1v) is 6.43. The number of aliphatic hydroxyl groups is 1. The average molecular weight is 272 g/mol. The van der Waals surface area contributed by atoms with Gasteiger partial charge in [0.25, 0.3) is 10.1 Å². The summed E-state index contributed by atoms with van der Waals surface area (Å²) in [5.74, 6) is 0. The largest absolute Gasteiger partial charge is 0.395 e. The van der Waals surface area contributed by atoms with Crippen LogP contribution in [0.2, 0.25) is 0 Å². The molecule has 1 rings (SSSR count). The Morgan fingerprint density at radius 2 is 2.11 bits per heavy atom. The Morgan fingerprint density at radius 3 is 2.67 bits per heavy atom. The van der Waals surface area contributed by atoms with Crippen LogP contribution in [0.25, 0.3) is 0 Å². The van der Waals surface area contributed by atoms with Crippen LogP contribution in [0.3, 0.4) is 0 Å². The predicted molar refractivity (Wildman–Crippen MR) is 62.8 cm³/mol. The Balaban J connectivity index is 3.13. The monoisotopic (exact) mass is 272 g/mol. The van der Waals surface area contributed by atoms with Gasteiger partial charge in [-0.05, 0) is 17.7 Å². The number of nitrogens with one attached hydrogen (secondary N) is 1. The van der Waals surface area contributed by atoms with E-state index in [-0.39, 0.29) is 23.7 Å². The average Bonchev–Trinajstić information content (AvgIpc) is 2.30. The van der Waals surface area contributed by atoms with E-state index in [1.807, 2.05) is 0 Å². The number of isocyanates is 1. The van der Waals surface area contributed by atoms with Gasteiger partial charge in [0.2, 0.25) is 6.08 Å². The number of rotatable bonds is 6. The molecule has 18 heavy (non-hydrogen) atoms. The molecule has 0 amide bonds. The van der Waals surface area contributed by atoms with E-state index < -0.39 is 10.1 Å². The maximum Gasteiger partial charge on any atom is 0.294 e. The van der Waals surface area contributed by atoms with Crippen molar-refractivity contribution in [3.63, 3.8) is 0 Å². The number of aliphatic hydroxyl groups excluding tert-OH is 1. The number of benzene rings is 1. The van der Waals surface area contributed by atoms with Gasteiger partial charge in [0.05, 0.1) is 12.3 Å². The van der Waals surface area contributed by atoms with E-state index >= 15 is 0 Å². The van der Waals surface area contributed by atoms with Crippen LogP contribution < -0.4 is 5.32 Å². The van der Waals surface area contributed by atoms with Gasteiger partial charge in [-0.1, -0.05) is 6.07 Å². The molecule has 0 unspecified atom stereocenters. The number of aliphatic imine (C=N–C) groups is 1. The number of hydrogen-bond donors (Lipinski definition) is 3. The number of carbonyl (C=O) groups excluding carboxylic acids is 1. The lowest BCUT2D eigenvalue weighted by Crippen LogP contribution is -2.19. The van der Waals surface area contributed by atoms with E-state index in [4.69, 9.17) is 9.66 Å². The van der Waals surface area contributed by atoms with E-state index in [2.05, 4.69) is 10.3 Å². The zero-order valence-corrected chi connectivity index (χ0v) is 10.1. The normalized spacial score (nSPS) is 11.0. The molecule has 98 valence electrons. The van der Waals surface area contributed by atoms with Crippen molar-refractivity contribution in [2.24, 2.45) is 4.99 Å². The van der Waals surface area contributed by atoms with Crippen LogP contribution in [-0.4, -0.2) is 37.3 Å². The second kappa shape index (κ2) is 6.39. The van der Waals surface area contributed by atoms with Gasteiger partial charge in [-0.2, -0.15) is 13.4 Å². The van der Waals surface area contributed by atoms with Crippen molar-refractivity contribution in [3.8, 4) is 0 Å². The van der Waals surface area contributed by atoms with Crippen molar-refractivity contribution in [1.82, 2.24) is 5.32 Å². The molecule has 8 heteroatoms. The highest BCUT2D eigenvalue weighted by Gasteiger charge is 2.15. The highest BCUT2D eigenvalue weighted by Crippen LogP contribution is 2.22. The van der Waals surface area contributed by atoms with Crippen LogP contribution in [0.15, 0.2) is 28.1 Å². The molecular weight excluding hydrogens is 260 g/mol. The van der Waals surface area contributed by atoms with E-state index in [1.165, 1.54) is 18.2 Å². The van der Waals surface area contributed by atoms with Gasteiger partial charge >= 0.3 is 0 Å². The molecule has 0 spiro atoms. The Kier molecular flexibility index (Phi) is 5.14. The van der Waals surface area contributed by atoms with Crippen molar-refractivity contribution in [2.75, 3.05) is 13.2 Å². The van der Waals surface area contributed by atoms with E-state index in [0.29, 0.717) is 12.1 Å². The van der Waals surface area contributed by atoms with Crippen LogP contribution in [0.5, 0.6) is 0 Å². The van der Waals surface area contributed by atoms with Crippen LogP contribution in [0, 0.1) is 0 Å². The Bertz CT molecular complexity index is 564. The molecule has 0 bridgehead atoms. The molecule has 7 nitrogen and oxygen atoms in total. The molecule has 0 aliphatic heterocycles. The first kappa shape index (κ1) is 14.5. The molecule has 0 saturated heterocycles. The summed E-state index contributed by atoms with van der Waals surface area (Å²) >= 11 is 0. The molecule has 0 saturated carbocycles. The van der Waals surface area contributed by atoms with Crippen molar-refractivity contribution in [2.45, 2.75) is 11.4 Å². The lowest BCUT2D eigenvalue weighted by Gasteiger charge is -2.08. The standard InChI is InChI=1S/C10H12N2O5S/c13-4-3-11-6-8-1-2-9(12-7-14)5-10(8)18(15,16)17/h1-2,5,11,13H,3-4,6H2,(H,15,16,17). The van der Waals surface area contributed by atoms with Gasteiger partial charge in [-0.3, -0.25) is 4.55 Å². The lowest BCUT2D eigenvalue weighted by molar-refractivity contribution is 0.292. The summed E-state index contributed by atoms with van der Waals surface area (Å²) in [6.45, 7) is 0.356. The topological polar surface area (TPSA) is 116 Å². The molecular formula is C10H12N2O5S. The Labute approximate surface area is 104 Å². The maximum atomic E-state index is 11.2. The first-order valence-electron chi connectivity index (χ1n) is 4.99. The second-order valence-corrected chi connectivity index (χ2v) is 4.76. The van der Waals surface area contributed by atoms with Gasteiger partial charge in [0.1, 0.15) is 4.90 Å². The van der Waals surface area contributed by atoms with E-state index in [9.17, 15) is 13.2 Å². The molecule has 0 aliphatic carbocycles. The second-order valence-electron chi connectivity index (χ2n) is 3.37. The van der Waals surface area contributed by atoms with Gasteiger partial charge in [0, 0.05) is 13.1 Å². The van der Waals surface area contributed by atoms with Crippen molar-refractivity contribution in [1.29, 1.82) is 0 Å². The minimum atomic E-state index is -4.40. The highest BCUT2D eigenvalue weighted by molar-refractivity contribution is 7.85. The molecule has 0 fully saturated rings. The molecule has 1 aromatic rings. The van der Waals surface area contributed by atoms with Crippen molar-refractivity contribution < 1.29 is 22.9 Å². The molecule has 1 aromatic carbocycles. The summed E-state index contributed by atoms with van der Waals surface area (Å²) in [7, 11) is -4.40. The predicted octanol–water partition coefficient (Wildman–Crippen LogP) is -0.0175. The summed E-state index contributed by atoms with van der Waals surface area (Å²) in [4.78, 5) is 13.0. The Hall–Kier alpha value is -1.57. The smallest absolute Gasteiger partial charge is 0.294 e. The fourth-order valence-electron chi connectivity index (χ4n) is 1.35. The zero-order chi connectivity index (χ0) is 13.6. The summed E-state index contributed by atoms with van der Waals surface area (Å²) < 4.78 is 31.4. The van der Waals surface area contributed by atoms with Crippen molar-refractivity contribution in [3.05, 3.63) is 23.8 Å².